The Kier molecular flexibility index (Phi) is 7.32. The van der Waals surface area contributed by atoms with Crippen LogP contribution in [0.1, 0.15) is 6.92 Å². The van der Waals surface area contributed by atoms with E-state index in [4.69, 9.17) is 12.2 Å². The Morgan fingerprint density at radius 1 is 0.962 bits per heavy atom. The lowest BCUT2D eigenvalue weighted by Crippen LogP contribution is -2.32. The predicted molar refractivity (Wildman–Crippen MR) is 106 cm³/mol. The van der Waals surface area contributed by atoms with Gasteiger partial charge in [-0.3, -0.25) is 10.1 Å². The summed E-state index contributed by atoms with van der Waals surface area (Å²) in [5.74, 6) is -1.10. The zero-order valence-electron chi connectivity index (χ0n) is 14.2. The standard InChI is InChI=1S/C19H19N3O3S/c1-2-25-18(24)13-12-17(23)22-19(26)21-16-10-8-15(9-11-16)20-14-6-4-3-5-7-14/h3-13,20H,2H2,1H3,(H2,21,22,23,26). The van der Waals surface area contributed by atoms with E-state index in [2.05, 4.69) is 20.7 Å². The second-order valence-corrected chi connectivity index (χ2v) is 5.51. The van der Waals surface area contributed by atoms with Crippen molar-refractivity contribution in [2.24, 2.45) is 0 Å². The minimum absolute atomic E-state index is 0.132. The molecule has 0 radical (unpaired) electrons. The molecule has 0 unspecified atom stereocenters. The summed E-state index contributed by atoms with van der Waals surface area (Å²) in [6.45, 7) is 1.94. The Hall–Kier alpha value is -3.19. The zero-order valence-corrected chi connectivity index (χ0v) is 15.0. The van der Waals surface area contributed by atoms with E-state index in [9.17, 15) is 9.59 Å². The van der Waals surface area contributed by atoms with Crippen molar-refractivity contribution in [1.82, 2.24) is 5.32 Å². The molecule has 134 valence electrons. The van der Waals surface area contributed by atoms with E-state index < -0.39 is 11.9 Å². The summed E-state index contributed by atoms with van der Waals surface area (Å²) in [6, 6.07) is 17.2. The molecule has 0 fully saturated rings. The van der Waals surface area contributed by atoms with Gasteiger partial charge in [0.2, 0.25) is 5.91 Å². The largest absolute Gasteiger partial charge is 0.463 e. The van der Waals surface area contributed by atoms with Crippen LogP contribution >= 0.6 is 12.2 Å². The van der Waals surface area contributed by atoms with Crippen LogP contribution in [0.2, 0.25) is 0 Å². The fourth-order valence-corrected chi connectivity index (χ4v) is 2.19. The molecular formula is C19H19N3O3S. The number of carbonyl (C=O) groups excluding carboxylic acids is 2. The first kappa shape index (κ1) is 19.1. The van der Waals surface area contributed by atoms with Gasteiger partial charge in [-0.25, -0.2) is 4.79 Å². The number of esters is 1. The first-order valence-electron chi connectivity index (χ1n) is 7.96. The molecule has 1 amide bonds. The summed E-state index contributed by atoms with van der Waals surface area (Å²) in [5, 5.41) is 8.75. The molecule has 2 aromatic carbocycles. The van der Waals surface area contributed by atoms with Crippen LogP contribution in [-0.4, -0.2) is 23.6 Å². The lowest BCUT2D eigenvalue weighted by molar-refractivity contribution is -0.137. The van der Waals surface area contributed by atoms with Crippen molar-refractivity contribution < 1.29 is 14.3 Å². The highest BCUT2D eigenvalue weighted by atomic mass is 32.1. The van der Waals surface area contributed by atoms with E-state index in [0.29, 0.717) is 0 Å². The second kappa shape index (κ2) is 9.95. The van der Waals surface area contributed by atoms with Crippen LogP contribution in [0.5, 0.6) is 0 Å². The van der Waals surface area contributed by atoms with Crippen LogP contribution in [0.25, 0.3) is 0 Å². The van der Waals surface area contributed by atoms with Crippen molar-refractivity contribution in [3.8, 4) is 0 Å². The number of hydrogen-bond donors (Lipinski definition) is 3. The van der Waals surface area contributed by atoms with Crippen LogP contribution in [0.3, 0.4) is 0 Å². The van der Waals surface area contributed by atoms with Gasteiger partial charge < -0.3 is 15.4 Å². The molecule has 0 saturated heterocycles. The van der Waals surface area contributed by atoms with Gasteiger partial charge >= 0.3 is 5.97 Å². The minimum Gasteiger partial charge on any atom is -0.463 e. The van der Waals surface area contributed by atoms with Crippen molar-refractivity contribution in [3.05, 3.63) is 66.7 Å². The van der Waals surface area contributed by atoms with Crippen molar-refractivity contribution in [3.63, 3.8) is 0 Å². The van der Waals surface area contributed by atoms with Crippen molar-refractivity contribution >= 4 is 46.3 Å². The summed E-state index contributed by atoms with van der Waals surface area (Å²) in [5.41, 5.74) is 2.64. The number of ether oxygens (including phenoxy) is 1. The molecule has 2 aromatic rings. The highest BCUT2D eigenvalue weighted by Gasteiger charge is 2.03. The van der Waals surface area contributed by atoms with Crippen molar-refractivity contribution in [1.29, 1.82) is 0 Å². The normalized spacial score (nSPS) is 10.2. The molecular weight excluding hydrogens is 350 g/mol. The first-order chi connectivity index (χ1) is 12.6. The van der Waals surface area contributed by atoms with Crippen LogP contribution < -0.4 is 16.0 Å². The zero-order chi connectivity index (χ0) is 18.8. The smallest absolute Gasteiger partial charge is 0.330 e. The number of para-hydroxylation sites is 1. The lowest BCUT2D eigenvalue weighted by atomic mass is 10.2. The van der Waals surface area contributed by atoms with Gasteiger partial charge in [0.05, 0.1) is 6.61 Å². The van der Waals surface area contributed by atoms with E-state index in [-0.39, 0.29) is 11.7 Å². The van der Waals surface area contributed by atoms with Crippen LogP contribution in [-0.2, 0) is 14.3 Å². The Morgan fingerprint density at radius 3 is 2.23 bits per heavy atom. The van der Waals surface area contributed by atoms with E-state index in [1.54, 1.807) is 6.92 Å². The molecule has 7 heteroatoms. The lowest BCUT2D eigenvalue weighted by Gasteiger charge is -2.10. The Morgan fingerprint density at radius 2 is 1.58 bits per heavy atom. The van der Waals surface area contributed by atoms with Gasteiger partial charge in [-0.15, -0.1) is 0 Å². The van der Waals surface area contributed by atoms with Gasteiger partial charge in [-0.2, -0.15) is 0 Å². The van der Waals surface area contributed by atoms with Gasteiger partial charge in [-0.1, -0.05) is 18.2 Å². The SMILES string of the molecule is CCOC(=O)C=CC(=O)NC(=S)Nc1ccc(Nc2ccccc2)cc1. The molecule has 0 aliphatic heterocycles. The number of hydrogen-bond acceptors (Lipinski definition) is 5. The number of thiocarbonyl (C=S) groups is 1. The summed E-state index contributed by atoms with van der Waals surface area (Å²) in [6.07, 6.45) is 2.12. The third-order valence-corrected chi connectivity index (χ3v) is 3.30. The molecule has 26 heavy (non-hydrogen) atoms. The topological polar surface area (TPSA) is 79.5 Å². The monoisotopic (exact) mass is 369 g/mol. The average molecular weight is 369 g/mol. The van der Waals surface area contributed by atoms with E-state index in [1.165, 1.54) is 0 Å². The van der Waals surface area contributed by atoms with Gasteiger partial charge in [0, 0.05) is 29.2 Å². The third kappa shape index (κ3) is 6.74. The highest BCUT2D eigenvalue weighted by Crippen LogP contribution is 2.18. The Labute approximate surface area is 157 Å². The molecule has 0 atom stereocenters. The molecule has 3 N–H and O–H groups in total. The number of anilines is 3. The molecule has 6 nitrogen and oxygen atoms in total. The second-order valence-electron chi connectivity index (χ2n) is 5.10. The predicted octanol–water partition coefficient (Wildman–Crippen LogP) is 3.36. The Bertz CT molecular complexity index is 789. The molecule has 0 heterocycles. The van der Waals surface area contributed by atoms with Gasteiger partial charge in [0.1, 0.15) is 0 Å². The summed E-state index contributed by atoms with van der Waals surface area (Å²) in [4.78, 5) is 22.8. The van der Waals surface area contributed by atoms with Crippen LogP contribution in [0.15, 0.2) is 66.7 Å². The minimum atomic E-state index is -0.581. The fraction of sp³-hybridized carbons (Fsp3) is 0.105. The molecule has 0 spiro atoms. The van der Waals surface area contributed by atoms with Crippen LogP contribution in [0.4, 0.5) is 17.1 Å². The summed E-state index contributed by atoms with van der Waals surface area (Å²) >= 11 is 5.07. The number of carbonyl (C=O) groups is 2. The van der Waals surface area contributed by atoms with E-state index in [1.807, 2.05) is 54.6 Å². The molecule has 0 aliphatic carbocycles. The summed E-state index contributed by atoms with van der Waals surface area (Å²) < 4.78 is 4.69. The number of rotatable bonds is 6. The molecule has 0 aromatic heterocycles. The van der Waals surface area contributed by atoms with Crippen molar-refractivity contribution in [2.45, 2.75) is 6.92 Å². The average Bonchev–Trinajstić information content (AvgIpc) is 2.63. The van der Waals surface area contributed by atoms with Crippen molar-refractivity contribution in [2.75, 3.05) is 17.2 Å². The molecule has 0 saturated carbocycles. The molecule has 0 aliphatic rings. The maximum absolute atomic E-state index is 11.7. The molecule has 0 bridgehead atoms. The maximum atomic E-state index is 11.7. The first-order valence-corrected chi connectivity index (χ1v) is 8.36. The fourth-order valence-electron chi connectivity index (χ4n) is 1.98. The van der Waals surface area contributed by atoms with Gasteiger partial charge in [0.25, 0.3) is 0 Å². The van der Waals surface area contributed by atoms with Gasteiger partial charge in [0.15, 0.2) is 5.11 Å². The third-order valence-electron chi connectivity index (χ3n) is 3.10. The quantitative estimate of drug-likeness (QED) is 0.412. The number of benzene rings is 2. The highest BCUT2D eigenvalue weighted by molar-refractivity contribution is 7.80. The van der Waals surface area contributed by atoms with Gasteiger partial charge in [-0.05, 0) is 55.5 Å². The molecule has 2 rings (SSSR count). The number of amides is 1. The van der Waals surface area contributed by atoms with E-state index >= 15 is 0 Å². The van der Waals surface area contributed by atoms with E-state index in [0.717, 1.165) is 29.2 Å². The van der Waals surface area contributed by atoms with Crippen LogP contribution in [0, 0.1) is 0 Å². The summed E-state index contributed by atoms with van der Waals surface area (Å²) in [7, 11) is 0. The number of nitrogens with one attached hydrogen (secondary N) is 3. The maximum Gasteiger partial charge on any atom is 0.330 e. The Balaban J connectivity index is 1.83.